The van der Waals surface area contributed by atoms with E-state index in [1.807, 2.05) is 0 Å². The third-order valence-corrected chi connectivity index (χ3v) is 3.42. The summed E-state index contributed by atoms with van der Waals surface area (Å²) in [6.45, 7) is -2.07. The fraction of sp³-hybridized carbons (Fsp3) is 0.429. The maximum atomic E-state index is 13.4. The molecule has 0 aromatic heterocycles. The average Bonchev–Trinajstić information content (AvgIpc) is 2.79. The summed E-state index contributed by atoms with van der Waals surface area (Å²) in [5, 5.41) is 2.31. The lowest BCUT2D eigenvalue weighted by atomic mass is 10.1. The van der Waals surface area contributed by atoms with E-state index >= 15 is 0 Å². The predicted molar refractivity (Wildman–Crippen MR) is 68.9 cm³/mol. The number of carbonyl (C=O) groups excluding carboxylic acids is 2. The van der Waals surface area contributed by atoms with Crippen LogP contribution in [0.5, 0.6) is 0 Å². The molecule has 9 heteroatoms. The molecule has 0 saturated carbocycles. The SMILES string of the molecule is O=C(NCc1cc(F)ccc1F)C1CC(=O)N(CC(F)(F)F)C1. The summed E-state index contributed by atoms with van der Waals surface area (Å²) >= 11 is 0. The van der Waals surface area contributed by atoms with Crippen LogP contribution in [0, 0.1) is 17.6 Å². The maximum absolute atomic E-state index is 13.4. The Morgan fingerprint density at radius 2 is 2.00 bits per heavy atom. The van der Waals surface area contributed by atoms with Gasteiger partial charge in [-0.1, -0.05) is 0 Å². The number of amides is 2. The van der Waals surface area contributed by atoms with Gasteiger partial charge in [0.25, 0.3) is 0 Å². The standard InChI is InChI=1S/C14H13F5N2O2/c15-10-1-2-11(16)8(3-10)5-20-13(23)9-4-12(22)21(6-9)7-14(17,18)19/h1-3,9H,4-7H2,(H,20,23). The first-order chi connectivity index (χ1) is 10.7. The minimum absolute atomic E-state index is 0.0881. The summed E-state index contributed by atoms with van der Waals surface area (Å²) in [6, 6.07) is 2.73. The van der Waals surface area contributed by atoms with E-state index in [-0.39, 0.29) is 25.1 Å². The van der Waals surface area contributed by atoms with Crippen LogP contribution in [-0.2, 0) is 16.1 Å². The van der Waals surface area contributed by atoms with Gasteiger partial charge in [-0.3, -0.25) is 9.59 Å². The molecule has 1 heterocycles. The molecule has 0 radical (unpaired) electrons. The van der Waals surface area contributed by atoms with E-state index in [4.69, 9.17) is 0 Å². The van der Waals surface area contributed by atoms with Crippen molar-refractivity contribution >= 4 is 11.8 Å². The predicted octanol–water partition coefficient (Wildman–Crippen LogP) is 1.99. The number of carbonyl (C=O) groups is 2. The molecule has 1 saturated heterocycles. The molecular formula is C14H13F5N2O2. The van der Waals surface area contributed by atoms with E-state index in [1.54, 1.807) is 0 Å². The van der Waals surface area contributed by atoms with Crippen LogP contribution >= 0.6 is 0 Å². The van der Waals surface area contributed by atoms with Gasteiger partial charge in [0.15, 0.2) is 0 Å². The number of rotatable bonds is 4. The fourth-order valence-corrected chi connectivity index (χ4v) is 2.32. The number of likely N-dealkylation sites (tertiary alicyclic amines) is 1. The van der Waals surface area contributed by atoms with Gasteiger partial charge in [-0.05, 0) is 18.2 Å². The number of halogens is 5. The molecular weight excluding hydrogens is 323 g/mol. The number of nitrogens with one attached hydrogen (secondary N) is 1. The summed E-state index contributed by atoms with van der Waals surface area (Å²) in [5.74, 6) is -3.77. The van der Waals surface area contributed by atoms with Gasteiger partial charge in [-0.2, -0.15) is 13.2 Å². The lowest BCUT2D eigenvalue weighted by Gasteiger charge is -2.18. The van der Waals surface area contributed by atoms with Crippen molar-refractivity contribution in [2.45, 2.75) is 19.1 Å². The van der Waals surface area contributed by atoms with Crippen molar-refractivity contribution in [1.82, 2.24) is 10.2 Å². The lowest BCUT2D eigenvalue weighted by Crippen LogP contribution is -2.37. The second kappa shape index (κ2) is 6.51. The van der Waals surface area contributed by atoms with E-state index in [9.17, 15) is 31.5 Å². The highest BCUT2D eigenvalue weighted by atomic mass is 19.4. The zero-order valence-corrected chi connectivity index (χ0v) is 11.8. The summed E-state index contributed by atoms with van der Waals surface area (Å²) in [5.41, 5.74) is -0.0881. The number of nitrogens with zero attached hydrogens (tertiary/aromatic N) is 1. The van der Waals surface area contributed by atoms with Crippen molar-refractivity contribution in [3.05, 3.63) is 35.4 Å². The molecule has 1 atom stereocenters. The molecule has 1 aliphatic rings. The van der Waals surface area contributed by atoms with Gasteiger partial charge in [-0.15, -0.1) is 0 Å². The highest BCUT2D eigenvalue weighted by Crippen LogP contribution is 2.24. The zero-order chi connectivity index (χ0) is 17.2. The molecule has 2 rings (SSSR count). The van der Waals surface area contributed by atoms with Crippen LogP contribution in [0.1, 0.15) is 12.0 Å². The molecule has 1 fully saturated rings. The Balaban J connectivity index is 1.92. The largest absolute Gasteiger partial charge is 0.406 e. The molecule has 1 aromatic carbocycles. The normalized spacial score (nSPS) is 18.4. The number of benzene rings is 1. The smallest absolute Gasteiger partial charge is 0.352 e. The van der Waals surface area contributed by atoms with Crippen LogP contribution in [0.2, 0.25) is 0 Å². The molecule has 0 spiro atoms. The second-order valence-electron chi connectivity index (χ2n) is 5.24. The summed E-state index contributed by atoms with van der Waals surface area (Å²) in [4.78, 5) is 23.9. The molecule has 126 valence electrons. The van der Waals surface area contributed by atoms with E-state index < -0.39 is 42.1 Å². The van der Waals surface area contributed by atoms with E-state index in [0.717, 1.165) is 18.2 Å². The Kier molecular flexibility index (Phi) is 4.86. The van der Waals surface area contributed by atoms with Crippen LogP contribution in [-0.4, -0.2) is 36.0 Å². The molecule has 2 amide bonds. The monoisotopic (exact) mass is 336 g/mol. The average molecular weight is 336 g/mol. The molecule has 4 nitrogen and oxygen atoms in total. The van der Waals surface area contributed by atoms with Gasteiger partial charge in [0.1, 0.15) is 18.2 Å². The Labute approximate surface area is 128 Å². The molecule has 1 aliphatic heterocycles. The minimum Gasteiger partial charge on any atom is -0.352 e. The van der Waals surface area contributed by atoms with Crippen molar-refractivity contribution < 1.29 is 31.5 Å². The quantitative estimate of drug-likeness (QED) is 0.855. The van der Waals surface area contributed by atoms with Crippen LogP contribution in [0.4, 0.5) is 22.0 Å². The second-order valence-corrected chi connectivity index (χ2v) is 5.24. The zero-order valence-electron chi connectivity index (χ0n) is 11.8. The summed E-state index contributed by atoms with van der Waals surface area (Å²) < 4.78 is 63.3. The lowest BCUT2D eigenvalue weighted by molar-refractivity contribution is -0.157. The van der Waals surface area contributed by atoms with Crippen molar-refractivity contribution in [3.63, 3.8) is 0 Å². The van der Waals surface area contributed by atoms with E-state index in [1.165, 1.54) is 0 Å². The number of hydrogen-bond acceptors (Lipinski definition) is 2. The van der Waals surface area contributed by atoms with E-state index in [2.05, 4.69) is 5.32 Å². The Hall–Kier alpha value is -2.19. The van der Waals surface area contributed by atoms with Crippen molar-refractivity contribution in [3.8, 4) is 0 Å². The van der Waals surface area contributed by atoms with Gasteiger partial charge in [-0.25, -0.2) is 8.78 Å². The highest BCUT2D eigenvalue weighted by Gasteiger charge is 2.40. The molecule has 1 aromatic rings. The Morgan fingerprint density at radius 3 is 2.65 bits per heavy atom. The molecule has 1 unspecified atom stereocenters. The van der Waals surface area contributed by atoms with Gasteiger partial charge in [0.2, 0.25) is 11.8 Å². The number of alkyl halides is 3. The minimum atomic E-state index is -4.54. The molecule has 1 N–H and O–H groups in total. The molecule has 0 bridgehead atoms. The first-order valence-corrected chi connectivity index (χ1v) is 6.72. The van der Waals surface area contributed by atoms with Gasteiger partial charge >= 0.3 is 6.18 Å². The summed E-state index contributed by atoms with van der Waals surface area (Å²) in [7, 11) is 0. The third kappa shape index (κ3) is 4.64. The fourth-order valence-electron chi connectivity index (χ4n) is 2.32. The van der Waals surface area contributed by atoms with Crippen LogP contribution in [0.25, 0.3) is 0 Å². The first kappa shape index (κ1) is 17.2. The molecule has 0 aliphatic carbocycles. The van der Waals surface area contributed by atoms with E-state index in [0.29, 0.717) is 4.90 Å². The maximum Gasteiger partial charge on any atom is 0.406 e. The van der Waals surface area contributed by atoms with Gasteiger partial charge in [0.05, 0.1) is 5.92 Å². The third-order valence-electron chi connectivity index (χ3n) is 3.42. The first-order valence-electron chi connectivity index (χ1n) is 6.72. The van der Waals surface area contributed by atoms with Crippen LogP contribution in [0.3, 0.4) is 0 Å². The van der Waals surface area contributed by atoms with Crippen LogP contribution in [0.15, 0.2) is 18.2 Å². The van der Waals surface area contributed by atoms with Crippen molar-refractivity contribution in [1.29, 1.82) is 0 Å². The van der Waals surface area contributed by atoms with Crippen molar-refractivity contribution in [2.24, 2.45) is 5.92 Å². The Bertz CT molecular complexity index is 618. The Morgan fingerprint density at radius 1 is 1.30 bits per heavy atom. The number of hydrogen-bond donors (Lipinski definition) is 1. The highest BCUT2D eigenvalue weighted by molar-refractivity contribution is 5.89. The topological polar surface area (TPSA) is 49.4 Å². The van der Waals surface area contributed by atoms with Gasteiger partial charge < -0.3 is 10.2 Å². The van der Waals surface area contributed by atoms with Gasteiger partial charge in [0, 0.05) is 25.1 Å². The molecule has 23 heavy (non-hydrogen) atoms. The van der Waals surface area contributed by atoms with Crippen LogP contribution < -0.4 is 5.32 Å². The summed E-state index contributed by atoms with van der Waals surface area (Å²) in [6.07, 6.45) is -4.88. The van der Waals surface area contributed by atoms with Crippen molar-refractivity contribution in [2.75, 3.05) is 13.1 Å².